The lowest BCUT2D eigenvalue weighted by Gasteiger charge is -2.25. The van der Waals surface area contributed by atoms with Crippen LogP contribution in [0.4, 0.5) is 0 Å². The van der Waals surface area contributed by atoms with E-state index in [-0.39, 0.29) is 6.10 Å². The van der Waals surface area contributed by atoms with E-state index in [0.29, 0.717) is 21.0 Å². The molecule has 1 saturated heterocycles. The Hall–Kier alpha value is -0.580. The first-order valence-corrected chi connectivity index (χ1v) is 10.5. The highest BCUT2D eigenvalue weighted by molar-refractivity contribution is 7.99. The predicted molar refractivity (Wildman–Crippen MR) is 108 cm³/mol. The maximum absolute atomic E-state index is 6.47. The SMILES string of the molecule is CCSc1cc(-c2c(Cl)cc(Cl)cc2Cl)cc2c1OC1CCNCC21. The van der Waals surface area contributed by atoms with Gasteiger partial charge in [-0.05, 0) is 48.5 Å². The van der Waals surface area contributed by atoms with Crippen LogP contribution in [0.15, 0.2) is 29.2 Å². The summed E-state index contributed by atoms with van der Waals surface area (Å²) in [6.07, 6.45) is 1.30. The summed E-state index contributed by atoms with van der Waals surface area (Å²) in [6.45, 7) is 4.10. The minimum Gasteiger partial charge on any atom is -0.488 e. The van der Waals surface area contributed by atoms with Gasteiger partial charge in [-0.25, -0.2) is 0 Å². The van der Waals surface area contributed by atoms with Crippen LogP contribution in [0.1, 0.15) is 24.8 Å². The molecule has 0 spiro atoms. The van der Waals surface area contributed by atoms with Crippen molar-refractivity contribution in [1.29, 1.82) is 0 Å². The first-order valence-electron chi connectivity index (χ1n) is 8.41. The lowest BCUT2D eigenvalue weighted by atomic mass is 9.89. The Bertz CT molecular complexity index is 804. The van der Waals surface area contributed by atoms with Gasteiger partial charge in [0.05, 0.1) is 14.9 Å². The fourth-order valence-corrected chi connectivity index (χ4v) is 5.54. The standard InChI is InChI=1S/C19H18Cl3NOS/c1-2-25-17-6-10(18-14(21)7-11(20)8-15(18)22)5-12-13-9-23-4-3-16(13)24-19(12)17/h5-8,13,16,23H,2-4,9H2,1H3. The van der Waals surface area contributed by atoms with Crippen LogP contribution in [0.2, 0.25) is 15.1 Å². The molecule has 2 aliphatic heterocycles. The number of nitrogens with one attached hydrogen (secondary N) is 1. The first-order chi connectivity index (χ1) is 12.1. The van der Waals surface area contributed by atoms with Crippen molar-refractivity contribution >= 4 is 46.6 Å². The Labute approximate surface area is 167 Å². The van der Waals surface area contributed by atoms with Crippen molar-refractivity contribution in [1.82, 2.24) is 5.32 Å². The van der Waals surface area contributed by atoms with Crippen LogP contribution in [-0.4, -0.2) is 24.9 Å². The fraction of sp³-hybridized carbons (Fsp3) is 0.368. The van der Waals surface area contributed by atoms with Crippen molar-refractivity contribution in [2.24, 2.45) is 0 Å². The second-order valence-corrected chi connectivity index (χ2v) is 8.88. The maximum atomic E-state index is 6.47. The maximum Gasteiger partial charge on any atom is 0.137 e. The first kappa shape index (κ1) is 17.8. The van der Waals surface area contributed by atoms with Gasteiger partial charge in [0.2, 0.25) is 0 Å². The molecule has 0 radical (unpaired) electrons. The molecular weight excluding hydrogens is 397 g/mol. The number of benzene rings is 2. The van der Waals surface area contributed by atoms with Gasteiger partial charge in [-0.3, -0.25) is 0 Å². The number of piperidine rings is 1. The number of fused-ring (bicyclic) bond motifs is 3. The van der Waals surface area contributed by atoms with E-state index in [1.807, 2.05) is 0 Å². The van der Waals surface area contributed by atoms with E-state index in [1.54, 1.807) is 23.9 Å². The monoisotopic (exact) mass is 413 g/mol. The highest BCUT2D eigenvalue weighted by Gasteiger charge is 2.38. The van der Waals surface area contributed by atoms with Crippen LogP contribution in [-0.2, 0) is 0 Å². The summed E-state index contributed by atoms with van der Waals surface area (Å²) in [4.78, 5) is 1.16. The van der Waals surface area contributed by atoms with Gasteiger partial charge in [0.1, 0.15) is 11.9 Å². The number of hydrogen-bond acceptors (Lipinski definition) is 3. The molecule has 2 unspecified atom stereocenters. The molecule has 0 saturated carbocycles. The fourth-order valence-electron chi connectivity index (χ4n) is 3.69. The van der Waals surface area contributed by atoms with Gasteiger partial charge in [0.15, 0.2) is 0 Å². The van der Waals surface area contributed by atoms with Crippen LogP contribution in [0.3, 0.4) is 0 Å². The van der Waals surface area contributed by atoms with Crippen LogP contribution >= 0.6 is 46.6 Å². The number of halogens is 3. The molecule has 0 amide bonds. The van der Waals surface area contributed by atoms with E-state index in [0.717, 1.165) is 47.0 Å². The zero-order valence-electron chi connectivity index (χ0n) is 13.7. The third-order valence-electron chi connectivity index (χ3n) is 4.77. The van der Waals surface area contributed by atoms with Gasteiger partial charge in [-0.1, -0.05) is 41.7 Å². The van der Waals surface area contributed by atoms with Gasteiger partial charge in [-0.2, -0.15) is 0 Å². The molecule has 2 nitrogen and oxygen atoms in total. The quantitative estimate of drug-likeness (QED) is 0.599. The van der Waals surface area contributed by atoms with E-state index in [2.05, 4.69) is 24.4 Å². The molecule has 4 rings (SSSR count). The number of hydrogen-bond donors (Lipinski definition) is 1. The molecule has 2 heterocycles. The van der Waals surface area contributed by atoms with Crippen LogP contribution < -0.4 is 10.1 Å². The average molecular weight is 415 g/mol. The van der Waals surface area contributed by atoms with Crippen molar-refractivity contribution in [3.63, 3.8) is 0 Å². The molecule has 2 aromatic carbocycles. The smallest absolute Gasteiger partial charge is 0.137 e. The van der Waals surface area contributed by atoms with E-state index in [4.69, 9.17) is 39.5 Å². The van der Waals surface area contributed by atoms with Gasteiger partial charge in [0.25, 0.3) is 0 Å². The summed E-state index contributed by atoms with van der Waals surface area (Å²) in [5, 5.41) is 5.17. The highest BCUT2D eigenvalue weighted by atomic mass is 35.5. The van der Waals surface area contributed by atoms with Crippen molar-refractivity contribution in [2.75, 3.05) is 18.8 Å². The van der Waals surface area contributed by atoms with Gasteiger partial charge < -0.3 is 10.1 Å². The Balaban J connectivity index is 1.87. The van der Waals surface area contributed by atoms with Crippen molar-refractivity contribution in [3.8, 4) is 16.9 Å². The summed E-state index contributed by atoms with van der Waals surface area (Å²) < 4.78 is 6.32. The molecule has 6 heteroatoms. The summed E-state index contributed by atoms with van der Waals surface area (Å²) in [5.41, 5.74) is 3.12. The highest BCUT2D eigenvalue weighted by Crippen LogP contribution is 2.49. The van der Waals surface area contributed by atoms with E-state index < -0.39 is 0 Å². The third kappa shape index (κ3) is 3.26. The Kier molecular flexibility index (Phi) is 5.13. The van der Waals surface area contributed by atoms with E-state index in [1.165, 1.54) is 5.56 Å². The van der Waals surface area contributed by atoms with Crippen molar-refractivity contribution in [3.05, 3.63) is 44.9 Å². The van der Waals surface area contributed by atoms with Gasteiger partial charge in [-0.15, -0.1) is 11.8 Å². The summed E-state index contributed by atoms with van der Waals surface area (Å²) in [7, 11) is 0. The van der Waals surface area contributed by atoms with Crippen LogP contribution in [0.25, 0.3) is 11.1 Å². The molecular formula is C19H18Cl3NOS. The number of rotatable bonds is 3. The van der Waals surface area contributed by atoms with Gasteiger partial charge in [0, 0.05) is 28.6 Å². The summed E-state index contributed by atoms with van der Waals surface area (Å²) in [5.74, 6) is 2.40. The molecule has 25 heavy (non-hydrogen) atoms. The van der Waals surface area contributed by atoms with Gasteiger partial charge >= 0.3 is 0 Å². The van der Waals surface area contributed by atoms with Crippen molar-refractivity contribution < 1.29 is 4.74 Å². The summed E-state index contributed by atoms with van der Waals surface area (Å²) in [6, 6.07) is 7.81. The molecule has 0 aromatic heterocycles. The zero-order chi connectivity index (χ0) is 17.6. The Morgan fingerprint density at radius 3 is 2.64 bits per heavy atom. The largest absolute Gasteiger partial charge is 0.488 e. The molecule has 132 valence electrons. The molecule has 0 bridgehead atoms. The topological polar surface area (TPSA) is 21.3 Å². The Morgan fingerprint density at radius 1 is 1.16 bits per heavy atom. The molecule has 1 N–H and O–H groups in total. The number of thioether (sulfide) groups is 1. The minimum atomic E-state index is 0.263. The molecule has 2 aromatic rings. The molecule has 2 aliphatic rings. The Morgan fingerprint density at radius 2 is 1.92 bits per heavy atom. The summed E-state index contributed by atoms with van der Waals surface area (Å²) >= 11 is 20.8. The minimum absolute atomic E-state index is 0.263. The lowest BCUT2D eigenvalue weighted by molar-refractivity contribution is 0.169. The normalized spacial score (nSPS) is 21.6. The molecule has 1 fully saturated rings. The van der Waals surface area contributed by atoms with Crippen LogP contribution in [0.5, 0.6) is 5.75 Å². The number of ether oxygens (including phenoxy) is 1. The zero-order valence-corrected chi connectivity index (χ0v) is 16.8. The predicted octanol–water partition coefficient (Wildman–Crippen LogP) is 6.26. The third-order valence-corrected chi connectivity index (χ3v) is 6.48. The van der Waals surface area contributed by atoms with Crippen molar-refractivity contribution in [2.45, 2.75) is 30.3 Å². The van der Waals surface area contributed by atoms with E-state index in [9.17, 15) is 0 Å². The lowest BCUT2D eigenvalue weighted by Crippen LogP contribution is -2.37. The second-order valence-electron chi connectivity index (χ2n) is 6.33. The second kappa shape index (κ2) is 7.21. The average Bonchev–Trinajstić information content (AvgIpc) is 2.93. The van der Waals surface area contributed by atoms with Crippen LogP contribution in [0, 0.1) is 0 Å². The molecule has 2 atom stereocenters. The molecule has 0 aliphatic carbocycles. The van der Waals surface area contributed by atoms with E-state index >= 15 is 0 Å².